The molecule has 6 rings (SSSR count). The van der Waals surface area contributed by atoms with Crippen LogP contribution in [0, 0.1) is 5.82 Å². The Morgan fingerprint density at radius 1 is 1.03 bits per heavy atom. The van der Waals surface area contributed by atoms with Crippen molar-refractivity contribution < 1.29 is 9.18 Å². The molecule has 30 heavy (non-hydrogen) atoms. The van der Waals surface area contributed by atoms with Gasteiger partial charge in [0.2, 0.25) is 5.95 Å². The second-order valence-electron chi connectivity index (χ2n) is 8.50. The predicted octanol–water partition coefficient (Wildman–Crippen LogP) is 4.31. The number of hydrogen-bond donors (Lipinski definition) is 0. The fourth-order valence-corrected chi connectivity index (χ4v) is 4.56. The van der Waals surface area contributed by atoms with Gasteiger partial charge in [0, 0.05) is 59.8 Å². The van der Waals surface area contributed by atoms with Crippen molar-refractivity contribution in [1.29, 1.82) is 0 Å². The first-order chi connectivity index (χ1) is 14.6. The van der Waals surface area contributed by atoms with Crippen LogP contribution in [-0.4, -0.2) is 40.4 Å². The second kappa shape index (κ2) is 6.36. The molecule has 1 saturated carbocycles. The van der Waals surface area contributed by atoms with E-state index in [9.17, 15) is 9.18 Å². The smallest absolute Gasteiger partial charge is 0.253 e. The molecule has 6 heteroatoms. The van der Waals surface area contributed by atoms with E-state index in [0.717, 1.165) is 50.1 Å². The third-order valence-electron chi connectivity index (χ3n) is 6.63. The highest BCUT2D eigenvalue weighted by Gasteiger charge is 2.52. The zero-order chi connectivity index (χ0) is 20.3. The molecule has 2 aromatic carbocycles. The van der Waals surface area contributed by atoms with Crippen molar-refractivity contribution in [2.45, 2.75) is 24.7 Å². The molecule has 3 aromatic rings. The highest BCUT2D eigenvalue weighted by molar-refractivity contribution is 5.96. The first kappa shape index (κ1) is 17.6. The largest absolute Gasteiger partial charge is 0.339 e. The second-order valence-corrected chi connectivity index (χ2v) is 8.50. The number of aromatic nitrogens is 2. The topological polar surface area (TPSA) is 49.3 Å². The molecule has 3 heterocycles. The van der Waals surface area contributed by atoms with E-state index in [-0.39, 0.29) is 17.1 Å². The first-order valence-electron chi connectivity index (χ1n) is 10.4. The van der Waals surface area contributed by atoms with E-state index < -0.39 is 0 Å². The minimum Gasteiger partial charge on any atom is -0.339 e. The van der Waals surface area contributed by atoms with Crippen molar-refractivity contribution in [3.63, 3.8) is 0 Å². The lowest BCUT2D eigenvalue weighted by atomic mass is 9.97. The Balaban J connectivity index is 1.36. The Bertz CT molecular complexity index is 1150. The number of hydrogen-bond acceptors (Lipinski definition) is 4. The van der Waals surface area contributed by atoms with Crippen LogP contribution in [0.15, 0.2) is 54.9 Å². The van der Waals surface area contributed by atoms with Gasteiger partial charge in [-0.3, -0.25) is 4.79 Å². The molecule has 0 atom stereocenters. The molecule has 3 aliphatic rings. The number of rotatable bonds is 3. The molecular weight excluding hydrogens is 379 g/mol. The van der Waals surface area contributed by atoms with Crippen molar-refractivity contribution in [2.24, 2.45) is 0 Å². The number of carbonyl (C=O) groups is 1. The molecule has 0 unspecified atom stereocenters. The molecule has 2 aliphatic heterocycles. The van der Waals surface area contributed by atoms with Crippen LogP contribution in [0.25, 0.3) is 11.1 Å². The van der Waals surface area contributed by atoms with Crippen LogP contribution in [0.3, 0.4) is 0 Å². The lowest BCUT2D eigenvalue weighted by Gasteiger charge is -2.31. The van der Waals surface area contributed by atoms with E-state index in [1.807, 2.05) is 17.0 Å². The van der Waals surface area contributed by atoms with Crippen LogP contribution in [0.2, 0.25) is 0 Å². The van der Waals surface area contributed by atoms with Gasteiger partial charge in [0.1, 0.15) is 5.82 Å². The fourth-order valence-electron chi connectivity index (χ4n) is 4.56. The van der Waals surface area contributed by atoms with Gasteiger partial charge in [-0.25, -0.2) is 14.4 Å². The zero-order valence-electron chi connectivity index (χ0n) is 16.5. The maximum atomic E-state index is 14.1. The van der Waals surface area contributed by atoms with E-state index >= 15 is 0 Å². The van der Waals surface area contributed by atoms with Crippen molar-refractivity contribution in [1.82, 2.24) is 14.9 Å². The highest BCUT2D eigenvalue weighted by Crippen LogP contribution is 2.57. The quantitative estimate of drug-likeness (QED) is 0.657. The average molecular weight is 400 g/mol. The summed E-state index contributed by atoms with van der Waals surface area (Å²) in [6, 6.07) is 12.7. The number of fused-ring (bicyclic) bond motifs is 2. The minimum absolute atomic E-state index is 0.0940. The van der Waals surface area contributed by atoms with E-state index in [1.165, 1.54) is 11.6 Å². The van der Waals surface area contributed by atoms with E-state index in [2.05, 4.69) is 20.9 Å². The summed E-state index contributed by atoms with van der Waals surface area (Å²) in [5.74, 6) is 0.400. The highest BCUT2D eigenvalue weighted by atomic mass is 19.1. The summed E-state index contributed by atoms with van der Waals surface area (Å²) in [5.41, 5.74) is 4.33. The Labute approximate surface area is 174 Å². The lowest BCUT2D eigenvalue weighted by molar-refractivity contribution is 0.0652. The van der Waals surface area contributed by atoms with Gasteiger partial charge in [-0.1, -0.05) is 24.3 Å². The van der Waals surface area contributed by atoms with Crippen molar-refractivity contribution in [3.8, 4) is 11.1 Å². The van der Waals surface area contributed by atoms with Crippen molar-refractivity contribution >= 4 is 17.5 Å². The summed E-state index contributed by atoms with van der Waals surface area (Å²) in [6.07, 6.45) is 6.71. The molecule has 1 amide bonds. The van der Waals surface area contributed by atoms with Crippen LogP contribution >= 0.6 is 0 Å². The van der Waals surface area contributed by atoms with Gasteiger partial charge in [-0.15, -0.1) is 0 Å². The summed E-state index contributed by atoms with van der Waals surface area (Å²) in [5, 5.41) is 0. The average Bonchev–Trinajstić information content (AvgIpc) is 3.44. The van der Waals surface area contributed by atoms with Gasteiger partial charge in [0.15, 0.2) is 0 Å². The van der Waals surface area contributed by atoms with Crippen LogP contribution in [0.5, 0.6) is 0 Å². The minimum atomic E-state index is -0.286. The molecule has 150 valence electrons. The Morgan fingerprint density at radius 3 is 2.47 bits per heavy atom. The van der Waals surface area contributed by atoms with Gasteiger partial charge < -0.3 is 9.80 Å². The molecule has 0 radical (unpaired) electrons. The lowest BCUT2D eigenvalue weighted by Crippen LogP contribution is -2.42. The molecule has 2 fully saturated rings. The summed E-state index contributed by atoms with van der Waals surface area (Å²) >= 11 is 0. The normalized spacial score (nSPS) is 18.3. The fraction of sp³-hybridized carbons (Fsp3) is 0.292. The van der Waals surface area contributed by atoms with Crippen LogP contribution in [0.4, 0.5) is 16.0 Å². The van der Waals surface area contributed by atoms with Crippen LogP contribution in [-0.2, 0) is 5.41 Å². The molecule has 1 saturated heterocycles. The summed E-state index contributed by atoms with van der Waals surface area (Å²) in [6.45, 7) is 2.50. The Hall–Kier alpha value is -3.28. The number of halogens is 1. The van der Waals surface area contributed by atoms with Gasteiger partial charge >= 0.3 is 0 Å². The van der Waals surface area contributed by atoms with E-state index in [1.54, 1.807) is 30.6 Å². The van der Waals surface area contributed by atoms with Crippen LogP contribution in [0.1, 0.15) is 35.2 Å². The maximum absolute atomic E-state index is 14.1. The third-order valence-corrected chi connectivity index (χ3v) is 6.63. The molecule has 0 bridgehead atoms. The van der Waals surface area contributed by atoms with Crippen LogP contribution < -0.4 is 4.90 Å². The zero-order valence-corrected chi connectivity index (χ0v) is 16.5. The summed E-state index contributed by atoms with van der Waals surface area (Å²) < 4.78 is 14.1. The number of likely N-dealkylation sites (tertiary alicyclic amines) is 1. The number of carbonyl (C=O) groups excluding carboxylic acids is 1. The summed E-state index contributed by atoms with van der Waals surface area (Å²) in [4.78, 5) is 25.8. The molecular formula is C24H21FN4O. The monoisotopic (exact) mass is 400 g/mol. The number of anilines is 2. The SMILES string of the molecule is O=C(c1ccc2c(c1)N(c1ncc(-c3ccccc3F)cn1)CC21CC1)N1CCC1. The van der Waals surface area contributed by atoms with E-state index in [0.29, 0.717) is 17.1 Å². The number of amides is 1. The third kappa shape index (κ3) is 2.63. The Kier molecular flexibility index (Phi) is 3.72. The summed E-state index contributed by atoms with van der Waals surface area (Å²) in [7, 11) is 0. The predicted molar refractivity (Wildman–Crippen MR) is 112 cm³/mol. The van der Waals surface area contributed by atoms with Gasteiger partial charge in [0.05, 0.1) is 0 Å². The molecule has 1 aliphatic carbocycles. The van der Waals surface area contributed by atoms with E-state index in [4.69, 9.17) is 0 Å². The van der Waals surface area contributed by atoms with Crippen molar-refractivity contribution in [3.05, 3.63) is 71.8 Å². The number of benzene rings is 2. The first-order valence-corrected chi connectivity index (χ1v) is 10.4. The maximum Gasteiger partial charge on any atom is 0.253 e. The van der Waals surface area contributed by atoms with Gasteiger partial charge in [-0.05, 0) is 43.0 Å². The Morgan fingerprint density at radius 2 is 1.80 bits per heavy atom. The van der Waals surface area contributed by atoms with Crippen molar-refractivity contribution in [2.75, 3.05) is 24.5 Å². The molecule has 0 N–H and O–H groups in total. The van der Waals surface area contributed by atoms with Gasteiger partial charge in [0.25, 0.3) is 5.91 Å². The standard InChI is InChI=1S/C24H21FN4O/c25-20-5-2-1-4-18(20)17-13-26-23(27-14-17)29-15-24(8-9-24)19-7-6-16(12-21(19)29)22(30)28-10-3-11-28/h1-2,4-7,12-14H,3,8-11,15H2. The molecule has 5 nitrogen and oxygen atoms in total. The number of nitrogens with zero attached hydrogens (tertiary/aromatic N) is 4. The molecule has 1 aromatic heterocycles. The molecule has 1 spiro atoms. The van der Waals surface area contributed by atoms with Gasteiger partial charge in [-0.2, -0.15) is 0 Å².